The van der Waals surface area contributed by atoms with Crippen LogP contribution in [0.4, 0.5) is 8.78 Å². The minimum Gasteiger partial charge on any atom is -0.503 e. The summed E-state index contributed by atoms with van der Waals surface area (Å²) in [7, 11) is 0. The van der Waals surface area contributed by atoms with Crippen LogP contribution in [0.15, 0.2) is 29.2 Å². The van der Waals surface area contributed by atoms with Crippen LogP contribution in [-0.4, -0.2) is 44.8 Å². The fourth-order valence-electron chi connectivity index (χ4n) is 4.66. The predicted octanol–water partition coefficient (Wildman–Crippen LogP) is 1.50. The van der Waals surface area contributed by atoms with E-state index in [2.05, 4.69) is 5.32 Å². The average Bonchev–Trinajstić information content (AvgIpc) is 3.11. The number of ether oxygens (including phenoxy) is 1. The van der Waals surface area contributed by atoms with Gasteiger partial charge in [-0.05, 0) is 37.5 Å². The van der Waals surface area contributed by atoms with Gasteiger partial charge in [0.15, 0.2) is 17.7 Å². The van der Waals surface area contributed by atoms with E-state index in [-0.39, 0.29) is 36.5 Å². The van der Waals surface area contributed by atoms with Crippen molar-refractivity contribution in [3.8, 4) is 5.75 Å². The molecule has 2 amide bonds. The number of hydrogen-bond acceptors (Lipinski definition) is 5. The number of fused-ring (bicyclic) bond motifs is 5. The smallest absolute Gasteiger partial charge is 0.276 e. The van der Waals surface area contributed by atoms with Crippen LogP contribution in [0.2, 0.25) is 0 Å². The van der Waals surface area contributed by atoms with Crippen LogP contribution in [0, 0.1) is 11.6 Å². The Morgan fingerprint density at radius 2 is 2.06 bits per heavy atom. The summed E-state index contributed by atoms with van der Waals surface area (Å²) in [5, 5.41) is 12.8. The van der Waals surface area contributed by atoms with Gasteiger partial charge in [0, 0.05) is 24.3 Å². The first-order valence-corrected chi connectivity index (χ1v) is 10.00. The summed E-state index contributed by atoms with van der Waals surface area (Å²) in [5.74, 6) is -3.57. The SMILES string of the molecule is O=C(NCc1cc(F)ccc1F)c1cn2c(c(O)c1=O)C(=O)N1C3CCC(C3)OC1C2. The molecule has 2 N–H and O–H groups in total. The van der Waals surface area contributed by atoms with Crippen molar-refractivity contribution in [3.05, 3.63) is 63.1 Å². The van der Waals surface area contributed by atoms with Crippen LogP contribution in [-0.2, 0) is 17.8 Å². The molecular formula is C21H19F2N3O5. The lowest BCUT2D eigenvalue weighted by molar-refractivity contribution is -0.132. The monoisotopic (exact) mass is 431 g/mol. The second-order valence-electron chi connectivity index (χ2n) is 8.03. The van der Waals surface area contributed by atoms with E-state index in [1.54, 1.807) is 4.90 Å². The number of rotatable bonds is 3. The van der Waals surface area contributed by atoms with Gasteiger partial charge in [0.2, 0.25) is 5.43 Å². The maximum Gasteiger partial charge on any atom is 0.276 e. The number of aromatic hydroxyl groups is 1. The number of carbonyl (C=O) groups excluding carboxylic acids is 2. The third-order valence-corrected chi connectivity index (χ3v) is 6.15. The van der Waals surface area contributed by atoms with Crippen LogP contribution >= 0.6 is 0 Å². The largest absolute Gasteiger partial charge is 0.503 e. The molecule has 0 spiro atoms. The number of carbonyl (C=O) groups is 2. The summed E-state index contributed by atoms with van der Waals surface area (Å²) in [6, 6.07) is 2.83. The van der Waals surface area contributed by atoms with E-state index >= 15 is 0 Å². The van der Waals surface area contributed by atoms with Crippen molar-refractivity contribution in [2.24, 2.45) is 0 Å². The van der Waals surface area contributed by atoms with Crippen LogP contribution in [0.5, 0.6) is 5.75 Å². The van der Waals surface area contributed by atoms with Crippen LogP contribution in [0.3, 0.4) is 0 Å². The summed E-state index contributed by atoms with van der Waals surface area (Å²) in [4.78, 5) is 39.8. The Kier molecular flexibility index (Phi) is 4.54. The van der Waals surface area contributed by atoms with E-state index < -0.39 is 46.4 Å². The quantitative estimate of drug-likeness (QED) is 0.767. The molecule has 3 atom stereocenters. The van der Waals surface area contributed by atoms with Gasteiger partial charge >= 0.3 is 0 Å². The summed E-state index contributed by atoms with van der Waals surface area (Å²) in [6.45, 7) is -0.188. The molecular weight excluding hydrogens is 412 g/mol. The van der Waals surface area contributed by atoms with Crippen LogP contribution < -0.4 is 10.7 Å². The Morgan fingerprint density at radius 1 is 1.26 bits per heavy atom. The molecule has 31 heavy (non-hydrogen) atoms. The van der Waals surface area contributed by atoms with Gasteiger partial charge in [0.05, 0.1) is 12.6 Å². The second-order valence-corrected chi connectivity index (χ2v) is 8.03. The fourth-order valence-corrected chi connectivity index (χ4v) is 4.66. The summed E-state index contributed by atoms with van der Waals surface area (Å²) in [6.07, 6.45) is 3.10. The maximum atomic E-state index is 13.8. The van der Waals surface area contributed by atoms with E-state index in [0.717, 1.165) is 37.5 Å². The van der Waals surface area contributed by atoms with Crippen molar-refractivity contribution in [1.29, 1.82) is 0 Å². The van der Waals surface area contributed by atoms with Crippen molar-refractivity contribution in [3.63, 3.8) is 0 Å². The molecule has 1 saturated heterocycles. The van der Waals surface area contributed by atoms with Gasteiger partial charge in [-0.15, -0.1) is 0 Å². The highest BCUT2D eigenvalue weighted by atomic mass is 19.1. The molecule has 10 heteroatoms. The molecule has 1 aromatic carbocycles. The lowest BCUT2D eigenvalue weighted by Gasteiger charge is -2.44. The number of nitrogens with one attached hydrogen (secondary N) is 1. The van der Waals surface area contributed by atoms with Gasteiger partial charge in [-0.3, -0.25) is 14.4 Å². The van der Waals surface area contributed by atoms with Crippen molar-refractivity contribution in [1.82, 2.24) is 14.8 Å². The van der Waals surface area contributed by atoms with Crippen molar-refractivity contribution >= 4 is 11.8 Å². The zero-order chi connectivity index (χ0) is 21.9. The summed E-state index contributed by atoms with van der Waals surface area (Å²) >= 11 is 0. The molecule has 5 rings (SSSR count). The third-order valence-electron chi connectivity index (χ3n) is 6.15. The van der Waals surface area contributed by atoms with Crippen molar-refractivity contribution < 1.29 is 28.2 Å². The molecule has 3 aliphatic rings. The minimum atomic E-state index is -1.00. The first-order chi connectivity index (χ1) is 14.8. The predicted molar refractivity (Wildman–Crippen MR) is 102 cm³/mol. The highest BCUT2D eigenvalue weighted by molar-refractivity contribution is 5.99. The van der Waals surface area contributed by atoms with Crippen molar-refractivity contribution in [2.45, 2.75) is 50.7 Å². The minimum absolute atomic E-state index is 0.00337. The fraction of sp³-hybridized carbons (Fsp3) is 0.381. The number of amides is 2. The number of nitrogens with zero attached hydrogens (tertiary/aromatic N) is 2. The maximum absolute atomic E-state index is 13.8. The topological polar surface area (TPSA) is 101 Å². The molecule has 1 aromatic heterocycles. The zero-order valence-electron chi connectivity index (χ0n) is 16.3. The van der Waals surface area contributed by atoms with Crippen molar-refractivity contribution in [2.75, 3.05) is 0 Å². The second kappa shape index (κ2) is 7.16. The van der Waals surface area contributed by atoms with Gasteiger partial charge in [0.1, 0.15) is 17.2 Å². The van der Waals surface area contributed by atoms with E-state index in [9.17, 15) is 28.3 Å². The van der Waals surface area contributed by atoms with Gasteiger partial charge in [-0.1, -0.05) is 0 Å². The molecule has 1 aliphatic carbocycles. The average molecular weight is 431 g/mol. The Hall–Kier alpha value is -3.27. The molecule has 3 unspecified atom stereocenters. The normalized spacial score (nSPS) is 24.0. The van der Waals surface area contributed by atoms with Gasteiger partial charge in [-0.25, -0.2) is 8.78 Å². The first kappa shape index (κ1) is 19.7. The molecule has 8 nitrogen and oxygen atoms in total. The molecule has 2 bridgehead atoms. The number of benzene rings is 1. The Labute approximate surface area is 175 Å². The summed E-state index contributed by atoms with van der Waals surface area (Å²) in [5.41, 5.74) is -1.67. The molecule has 3 heterocycles. The first-order valence-electron chi connectivity index (χ1n) is 10.00. The lowest BCUT2D eigenvalue weighted by Crippen LogP contribution is -2.57. The number of halogens is 2. The molecule has 2 aromatic rings. The third kappa shape index (κ3) is 3.18. The molecule has 0 radical (unpaired) electrons. The van der Waals surface area contributed by atoms with E-state index in [1.165, 1.54) is 10.8 Å². The molecule has 2 aliphatic heterocycles. The Balaban J connectivity index is 1.44. The van der Waals surface area contributed by atoms with Gasteiger partial charge in [-0.2, -0.15) is 0 Å². The van der Waals surface area contributed by atoms with Crippen LogP contribution in [0.25, 0.3) is 0 Å². The highest BCUT2D eigenvalue weighted by Crippen LogP contribution is 2.38. The van der Waals surface area contributed by atoms with E-state index in [0.29, 0.717) is 0 Å². The Bertz CT molecular complexity index is 1160. The molecule has 2 fully saturated rings. The van der Waals surface area contributed by atoms with E-state index in [1.807, 2.05) is 0 Å². The van der Waals surface area contributed by atoms with Crippen LogP contribution in [0.1, 0.15) is 45.7 Å². The number of hydrogen-bond donors (Lipinski definition) is 2. The van der Waals surface area contributed by atoms with Gasteiger partial charge < -0.3 is 24.6 Å². The highest BCUT2D eigenvalue weighted by Gasteiger charge is 2.47. The standard InChI is InChI=1S/C21H19F2N3O5/c22-11-1-4-15(23)10(5-11)7-24-20(29)14-8-25-9-16-26(12-2-3-13(6-12)31-16)21(30)17(25)19(28)18(14)27/h1,4-5,8,12-13,16,28H,2-3,6-7,9H2,(H,24,29). The molecule has 1 saturated carbocycles. The summed E-state index contributed by atoms with van der Waals surface area (Å²) < 4.78 is 34.4. The van der Waals surface area contributed by atoms with E-state index in [4.69, 9.17) is 4.74 Å². The zero-order valence-corrected chi connectivity index (χ0v) is 16.3. The number of aromatic nitrogens is 1. The number of pyridine rings is 1. The lowest BCUT2D eigenvalue weighted by atomic mass is 10.1. The molecule has 162 valence electrons. The van der Waals surface area contributed by atoms with Gasteiger partial charge in [0.25, 0.3) is 11.8 Å². The Morgan fingerprint density at radius 3 is 2.87 bits per heavy atom.